The third-order valence-electron chi connectivity index (χ3n) is 3.36. The molecular formula is C11H19N3O. The molecule has 84 valence electrons. The molecule has 4 nitrogen and oxygen atoms in total. The van der Waals surface area contributed by atoms with E-state index in [0.29, 0.717) is 0 Å². The van der Waals surface area contributed by atoms with E-state index in [1.807, 2.05) is 16.9 Å². The zero-order chi connectivity index (χ0) is 10.7. The van der Waals surface area contributed by atoms with Crippen LogP contribution in [0.25, 0.3) is 0 Å². The van der Waals surface area contributed by atoms with Gasteiger partial charge in [-0.15, -0.1) is 0 Å². The number of aliphatic hydroxyl groups is 1. The van der Waals surface area contributed by atoms with Gasteiger partial charge in [0.1, 0.15) is 0 Å². The highest BCUT2D eigenvalue weighted by Gasteiger charge is 2.35. The largest absolute Gasteiger partial charge is 0.394 e. The molecule has 0 saturated heterocycles. The Kier molecular flexibility index (Phi) is 3.07. The Labute approximate surface area is 90.3 Å². The van der Waals surface area contributed by atoms with E-state index in [0.717, 1.165) is 25.9 Å². The van der Waals surface area contributed by atoms with E-state index in [1.54, 1.807) is 0 Å². The van der Waals surface area contributed by atoms with Crippen molar-refractivity contribution in [3.05, 3.63) is 18.0 Å². The van der Waals surface area contributed by atoms with Crippen LogP contribution in [0, 0.1) is 0 Å². The number of aromatic nitrogens is 2. The summed E-state index contributed by atoms with van der Waals surface area (Å²) >= 11 is 0. The SMILES string of the molecule is CCn1nccc1CNC1(CO)CCC1. The van der Waals surface area contributed by atoms with Gasteiger partial charge in [-0.2, -0.15) is 5.10 Å². The zero-order valence-corrected chi connectivity index (χ0v) is 9.24. The molecule has 0 atom stereocenters. The molecule has 15 heavy (non-hydrogen) atoms. The van der Waals surface area contributed by atoms with E-state index < -0.39 is 0 Å². The lowest BCUT2D eigenvalue weighted by Gasteiger charge is -2.41. The third-order valence-corrected chi connectivity index (χ3v) is 3.36. The number of nitrogens with one attached hydrogen (secondary N) is 1. The monoisotopic (exact) mass is 209 g/mol. The molecule has 1 aromatic heterocycles. The van der Waals surface area contributed by atoms with Gasteiger partial charge in [0.05, 0.1) is 12.3 Å². The van der Waals surface area contributed by atoms with Crippen LogP contribution < -0.4 is 5.32 Å². The average molecular weight is 209 g/mol. The smallest absolute Gasteiger partial charge is 0.0613 e. The first-order valence-electron chi connectivity index (χ1n) is 5.66. The fraction of sp³-hybridized carbons (Fsp3) is 0.727. The summed E-state index contributed by atoms with van der Waals surface area (Å²) in [5, 5.41) is 17.0. The van der Waals surface area contributed by atoms with Crippen LogP contribution in [0.1, 0.15) is 31.9 Å². The second-order valence-electron chi connectivity index (χ2n) is 4.28. The van der Waals surface area contributed by atoms with Gasteiger partial charge >= 0.3 is 0 Å². The maximum atomic E-state index is 9.31. The topological polar surface area (TPSA) is 50.1 Å². The summed E-state index contributed by atoms with van der Waals surface area (Å²) in [6, 6.07) is 2.03. The molecular weight excluding hydrogens is 190 g/mol. The summed E-state index contributed by atoms with van der Waals surface area (Å²) in [4.78, 5) is 0. The Bertz CT molecular complexity index is 312. The van der Waals surface area contributed by atoms with Crippen molar-refractivity contribution in [3.8, 4) is 0 Å². The predicted molar refractivity (Wildman–Crippen MR) is 58.4 cm³/mol. The molecule has 1 aliphatic rings. The van der Waals surface area contributed by atoms with Crippen molar-refractivity contribution < 1.29 is 5.11 Å². The van der Waals surface area contributed by atoms with Gasteiger partial charge in [-0.25, -0.2) is 0 Å². The second kappa shape index (κ2) is 4.33. The van der Waals surface area contributed by atoms with Crippen molar-refractivity contribution in [3.63, 3.8) is 0 Å². The van der Waals surface area contributed by atoms with Gasteiger partial charge in [0.2, 0.25) is 0 Å². The van der Waals surface area contributed by atoms with E-state index in [-0.39, 0.29) is 12.1 Å². The van der Waals surface area contributed by atoms with E-state index in [1.165, 1.54) is 12.1 Å². The molecule has 1 heterocycles. The first kappa shape index (κ1) is 10.6. The number of rotatable bonds is 5. The molecule has 1 saturated carbocycles. The Morgan fingerprint density at radius 1 is 1.60 bits per heavy atom. The summed E-state index contributed by atoms with van der Waals surface area (Å²) in [6.07, 6.45) is 5.22. The van der Waals surface area contributed by atoms with Crippen molar-refractivity contribution in [2.45, 2.75) is 44.8 Å². The van der Waals surface area contributed by atoms with Crippen LogP contribution in [0.3, 0.4) is 0 Å². The number of aliphatic hydroxyl groups excluding tert-OH is 1. The summed E-state index contributed by atoms with van der Waals surface area (Å²) in [7, 11) is 0. The molecule has 2 rings (SSSR count). The third kappa shape index (κ3) is 2.06. The van der Waals surface area contributed by atoms with Crippen molar-refractivity contribution >= 4 is 0 Å². The van der Waals surface area contributed by atoms with Crippen LogP contribution in [-0.2, 0) is 13.1 Å². The number of hydrogen-bond donors (Lipinski definition) is 2. The standard InChI is InChI=1S/C11H19N3O/c1-2-14-10(4-7-13-14)8-12-11(9-15)5-3-6-11/h4,7,12,15H,2-3,5-6,8-9H2,1H3. The van der Waals surface area contributed by atoms with Crippen LogP contribution in [-0.4, -0.2) is 27.0 Å². The van der Waals surface area contributed by atoms with Crippen molar-refractivity contribution in [1.29, 1.82) is 0 Å². The molecule has 0 bridgehead atoms. The summed E-state index contributed by atoms with van der Waals surface area (Å²) in [6.45, 7) is 4.03. The number of aryl methyl sites for hydroxylation is 1. The molecule has 0 amide bonds. The van der Waals surface area contributed by atoms with E-state index in [4.69, 9.17) is 0 Å². The maximum absolute atomic E-state index is 9.31. The van der Waals surface area contributed by atoms with E-state index in [2.05, 4.69) is 17.3 Å². The van der Waals surface area contributed by atoms with Crippen molar-refractivity contribution in [2.75, 3.05) is 6.61 Å². The average Bonchev–Trinajstić information content (AvgIpc) is 2.64. The molecule has 0 aromatic carbocycles. The molecule has 0 aliphatic heterocycles. The highest BCUT2D eigenvalue weighted by atomic mass is 16.3. The molecule has 0 unspecified atom stereocenters. The molecule has 1 aliphatic carbocycles. The molecule has 0 spiro atoms. The first-order chi connectivity index (χ1) is 7.29. The number of hydrogen-bond acceptors (Lipinski definition) is 3. The van der Waals surface area contributed by atoms with Gasteiger partial charge in [-0.05, 0) is 32.3 Å². The Morgan fingerprint density at radius 3 is 2.93 bits per heavy atom. The lowest BCUT2D eigenvalue weighted by Crippen LogP contribution is -2.53. The zero-order valence-electron chi connectivity index (χ0n) is 9.24. The van der Waals surface area contributed by atoms with Gasteiger partial charge in [0, 0.05) is 24.8 Å². The van der Waals surface area contributed by atoms with Crippen LogP contribution in [0.4, 0.5) is 0 Å². The Morgan fingerprint density at radius 2 is 2.40 bits per heavy atom. The first-order valence-corrected chi connectivity index (χ1v) is 5.66. The summed E-state index contributed by atoms with van der Waals surface area (Å²) < 4.78 is 1.98. The minimum atomic E-state index is -0.0111. The fourth-order valence-corrected chi connectivity index (χ4v) is 2.07. The van der Waals surface area contributed by atoms with E-state index in [9.17, 15) is 5.11 Å². The molecule has 0 radical (unpaired) electrons. The van der Waals surface area contributed by atoms with Crippen molar-refractivity contribution in [2.24, 2.45) is 0 Å². The molecule has 1 fully saturated rings. The summed E-state index contributed by atoms with van der Waals surface area (Å²) in [5.74, 6) is 0. The van der Waals surface area contributed by atoms with Gasteiger partial charge in [0.15, 0.2) is 0 Å². The molecule has 1 aromatic rings. The van der Waals surface area contributed by atoms with Crippen LogP contribution >= 0.6 is 0 Å². The maximum Gasteiger partial charge on any atom is 0.0613 e. The highest BCUT2D eigenvalue weighted by molar-refractivity contribution is 5.03. The lowest BCUT2D eigenvalue weighted by atomic mass is 9.77. The van der Waals surface area contributed by atoms with Gasteiger partial charge in [-0.1, -0.05) is 0 Å². The second-order valence-corrected chi connectivity index (χ2v) is 4.28. The fourth-order valence-electron chi connectivity index (χ4n) is 2.07. The predicted octanol–water partition coefficient (Wildman–Crippen LogP) is 0.908. The van der Waals surface area contributed by atoms with Crippen LogP contribution in [0.2, 0.25) is 0 Å². The molecule has 4 heteroatoms. The van der Waals surface area contributed by atoms with Crippen LogP contribution in [0.5, 0.6) is 0 Å². The van der Waals surface area contributed by atoms with Gasteiger partial charge in [0.25, 0.3) is 0 Å². The lowest BCUT2D eigenvalue weighted by molar-refractivity contribution is 0.0864. The quantitative estimate of drug-likeness (QED) is 0.757. The Balaban J connectivity index is 1.92. The highest BCUT2D eigenvalue weighted by Crippen LogP contribution is 2.31. The minimum Gasteiger partial charge on any atom is -0.394 e. The van der Waals surface area contributed by atoms with E-state index >= 15 is 0 Å². The van der Waals surface area contributed by atoms with Gasteiger partial charge < -0.3 is 10.4 Å². The van der Waals surface area contributed by atoms with Crippen molar-refractivity contribution in [1.82, 2.24) is 15.1 Å². The van der Waals surface area contributed by atoms with Gasteiger partial charge in [-0.3, -0.25) is 4.68 Å². The summed E-state index contributed by atoms with van der Waals surface area (Å²) in [5.41, 5.74) is 1.18. The normalized spacial score (nSPS) is 18.8. The molecule has 2 N–H and O–H groups in total. The Hall–Kier alpha value is -0.870. The van der Waals surface area contributed by atoms with Crippen LogP contribution in [0.15, 0.2) is 12.3 Å². The minimum absolute atomic E-state index is 0.0111. The number of nitrogens with zero attached hydrogens (tertiary/aromatic N) is 2.